The van der Waals surface area contributed by atoms with Gasteiger partial charge in [-0.1, -0.05) is 274 Å². The van der Waals surface area contributed by atoms with E-state index in [1.165, 1.54) is 64.2 Å². The van der Waals surface area contributed by atoms with Crippen LogP contribution in [0.5, 0.6) is 0 Å². The molecule has 0 amide bonds. The molecule has 0 aliphatic heterocycles. The predicted molar refractivity (Wildman–Crippen MR) is 369 cm³/mol. The van der Waals surface area contributed by atoms with E-state index in [1.54, 1.807) is 0 Å². The van der Waals surface area contributed by atoms with Crippen LogP contribution in [0.2, 0.25) is 0 Å². The van der Waals surface area contributed by atoms with Gasteiger partial charge in [0.05, 0.1) is 27.7 Å². The molecule has 0 saturated heterocycles. The number of esters is 2. The molecule has 0 aliphatic carbocycles. The van der Waals surface area contributed by atoms with Gasteiger partial charge >= 0.3 is 11.9 Å². The monoisotopic (exact) mass is 1210 g/mol. The molecule has 0 fully saturated rings. The lowest BCUT2D eigenvalue weighted by Crippen LogP contribution is -2.37. The average molecular weight is 1210 g/mol. The van der Waals surface area contributed by atoms with E-state index < -0.39 is 32.5 Å². The molecule has 0 rings (SSSR count). The number of unbranched alkanes of at least 4 members (excludes halogenated alkanes) is 18. The fraction of sp³-hybridized carbons (Fsp3) is 0.605. The van der Waals surface area contributed by atoms with Crippen LogP contribution in [0.4, 0.5) is 0 Å². The number of nitrogens with zero attached hydrogens (tertiary/aromatic N) is 1. The highest BCUT2D eigenvalue weighted by molar-refractivity contribution is 7.45. The molecule has 0 radical (unpaired) electrons. The molecule has 9 nitrogen and oxygen atoms in total. The Labute approximate surface area is 528 Å². The zero-order valence-electron chi connectivity index (χ0n) is 55.2. The van der Waals surface area contributed by atoms with Crippen LogP contribution < -0.4 is 4.89 Å². The Balaban J connectivity index is 4.17. The molecule has 0 heterocycles. The molecule has 0 aliphatic rings. The molecule has 0 saturated carbocycles. The minimum Gasteiger partial charge on any atom is -0.756 e. The van der Waals surface area contributed by atoms with E-state index in [0.717, 1.165) is 141 Å². The second kappa shape index (κ2) is 64.8. The number of ether oxygens (including phenoxy) is 2. The molecule has 486 valence electrons. The summed E-state index contributed by atoms with van der Waals surface area (Å²) in [7, 11) is 1.14. The lowest BCUT2D eigenvalue weighted by molar-refractivity contribution is -0.870. The van der Waals surface area contributed by atoms with Gasteiger partial charge in [-0.05, 0) is 128 Å². The van der Waals surface area contributed by atoms with E-state index in [4.69, 9.17) is 18.5 Å². The molecule has 0 aromatic rings. The zero-order chi connectivity index (χ0) is 62.6. The van der Waals surface area contributed by atoms with Crippen molar-refractivity contribution in [1.29, 1.82) is 0 Å². The summed E-state index contributed by atoms with van der Waals surface area (Å²) in [6.45, 7) is 3.98. The summed E-state index contributed by atoms with van der Waals surface area (Å²) < 4.78 is 34.3. The van der Waals surface area contributed by atoms with E-state index in [-0.39, 0.29) is 26.1 Å². The fourth-order valence-electron chi connectivity index (χ4n) is 8.62. The number of likely N-dealkylation sites (N-methyl/N-ethyl adjacent to an activating group) is 1. The zero-order valence-corrected chi connectivity index (χ0v) is 56.1. The molecule has 10 heteroatoms. The van der Waals surface area contributed by atoms with Gasteiger partial charge in [-0.3, -0.25) is 14.2 Å². The molecule has 86 heavy (non-hydrogen) atoms. The maximum atomic E-state index is 12.9. The third kappa shape index (κ3) is 68.5. The number of quaternary nitrogens is 1. The SMILES string of the molecule is CC/C=C\C/C=C\C/C=C\C/C=C\C/C=C\C/C=C\C/C=C\C/C=C\CCCCCCCCCCC(=O)OC(COC(=O)CCCCCCCCCCCC/C=C\C/C=C\C/C=C\C/C=C\C/C=C\C/C=C\CC)COP(=O)([O-])OCC[N+](C)(C)C. The second-order valence-electron chi connectivity index (χ2n) is 23.1. The van der Waals surface area contributed by atoms with Crippen LogP contribution in [0.15, 0.2) is 170 Å². The highest BCUT2D eigenvalue weighted by Gasteiger charge is 2.22. The standard InChI is InChI=1S/C76H124NO8P/c1-6-8-10-12-14-16-18-20-22-24-26-28-30-32-34-36-37-38-39-41-43-45-47-49-51-53-55-57-59-61-63-65-67-69-76(79)85-74(73-84-86(80,81)83-71-70-77(3,4)5)72-82-75(78)68-66-64-62-60-58-56-54-52-50-48-46-44-42-40-35-33-31-29-27-25-23-21-19-17-15-13-11-9-7-2/h8-11,14-17,20-23,26-29,32-35,37-38,41-44,47,49,74H,6-7,12-13,18-19,24-25,30-31,36,39-40,45-46,48,50-73H2,1-5H3/b10-8-,11-9-,16-14-,17-15-,22-20-,23-21-,28-26-,29-27-,34-32-,35-33-,38-37-,43-41-,44-42-,49-47-. The summed E-state index contributed by atoms with van der Waals surface area (Å²) in [6, 6.07) is 0. The Morgan fingerprint density at radius 3 is 0.930 bits per heavy atom. The predicted octanol–water partition coefficient (Wildman–Crippen LogP) is 21.5. The van der Waals surface area contributed by atoms with Gasteiger partial charge in [0.15, 0.2) is 6.10 Å². The molecular formula is C76H124NO8P. The van der Waals surface area contributed by atoms with Crippen LogP contribution in [-0.2, 0) is 32.7 Å². The van der Waals surface area contributed by atoms with E-state index in [1.807, 2.05) is 21.1 Å². The summed E-state index contributed by atoms with van der Waals surface area (Å²) in [6.07, 6.45) is 98.4. The highest BCUT2D eigenvalue weighted by Crippen LogP contribution is 2.38. The molecule has 0 aromatic carbocycles. The average Bonchev–Trinajstić information content (AvgIpc) is 3.70. The van der Waals surface area contributed by atoms with Crippen LogP contribution in [0, 0.1) is 0 Å². The first-order valence-electron chi connectivity index (χ1n) is 33.8. The molecule has 0 bridgehead atoms. The van der Waals surface area contributed by atoms with Crippen LogP contribution >= 0.6 is 7.82 Å². The third-order valence-electron chi connectivity index (χ3n) is 13.7. The Bertz CT molecular complexity index is 2060. The number of carbonyl (C=O) groups is 2. The minimum atomic E-state index is -4.66. The van der Waals surface area contributed by atoms with Gasteiger partial charge in [-0.2, -0.15) is 0 Å². The summed E-state index contributed by atoms with van der Waals surface area (Å²) in [4.78, 5) is 38.1. The van der Waals surface area contributed by atoms with Crippen LogP contribution in [0.25, 0.3) is 0 Å². The second-order valence-corrected chi connectivity index (χ2v) is 24.5. The first-order chi connectivity index (χ1) is 42.0. The molecular weight excluding hydrogens is 1090 g/mol. The van der Waals surface area contributed by atoms with Gasteiger partial charge < -0.3 is 27.9 Å². The summed E-state index contributed by atoms with van der Waals surface area (Å²) in [5.41, 5.74) is 0. The summed E-state index contributed by atoms with van der Waals surface area (Å²) >= 11 is 0. The first kappa shape index (κ1) is 81.4. The van der Waals surface area contributed by atoms with Gasteiger partial charge in [0.25, 0.3) is 7.82 Å². The fourth-order valence-corrected chi connectivity index (χ4v) is 9.35. The third-order valence-corrected chi connectivity index (χ3v) is 14.7. The lowest BCUT2D eigenvalue weighted by Gasteiger charge is -2.28. The Morgan fingerprint density at radius 1 is 0.360 bits per heavy atom. The Hall–Kier alpha value is -4.63. The number of carbonyl (C=O) groups excluding carboxylic acids is 2. The molecule has 0 N–H and O–H groups in total. The lowest BCUT2D eigenvalue weighted by atomic mass is 10.1. The van der Waals surface area contributed by atoms with Gasteiger partial charge in [0, 0.05) is 12.8 Å². The van der Waals surface area contributed by atoms with E-state index in [9.17, 15) is 19.0 Å². The van der Waals surface area contributed by atoms with Crippen molar-refractivity contribution in [3.05, 3.63) is 170 Å². The first-order valence-corrected chi connectivity index (χ1v) is 35.3. The Kier molecular flexibility index (Phi) is 61.3. The molecule has 0 spiro atoms. The summed E-state index contributed by atoms with van der Waals surface area (Å²) in [5.74, 6) is -0.858. The Morgan fingerprint density at radius 2 is 0.628 bits per heavy atom. The van der Waals surface area contributed by atoms with Crippen LogP contribution in [0.1, 0.15) is 245 Å². The minimum absolute atomic E-state index is 0.0425. The van der Waals surface area contributed by atoms with Gasteiger partial charge in [-0.15, -0.1) is 0 Å². The normalized spacial score (nSPS) is 14.3. The number of allylic oxidation sites excluding steroid dienone is 28. The van der Waals surface area contributed by atoms with Crippen molar-refractivity contribution in [1.82, 2.24) is 0 Å². The van der Waals surface area contributed by atoms with Crippen molar-refractivity contribution in [3.63, 3.8) is 0 Å². The number of phosphoric ester groups is 1. The summed E-state index contributed by atoms with van der Waals surface area (Å²) in [5, 5.41) is 0. The van der Waals surface area contributed by atoms with E-state index in [2.05, 4.69) is 184 Å². The number of hydrogen-bond acceptors (Lipinski definition) is 8. The molecule has 2 unspecified atom stereocenters. The largest absolute Gasteiger partial charge is 0.756 e. The maximum absolute atomic E-state index is 12.9. The van der Waals surface area contributed by atoms with Crippen molar-refractivity contribution in [3.8, 4) is 0 Å². The number of phosphoric acid groups is 1. The van der Waals surface area contributed by atoms with Crippen LogP contribution in [0.3, 0.4) is 0 Å². The van der Waals surface area contributed by atoms with Crippen molar-refractivity contribution >= 4 is 19.8 Å². The van der Waals surface area contributed by atoms with Crippen molar-refractivity contribution in [2.75, 3.05) is 47.5 Å². The van der Waals surface area contributed by atoms with E-state index in [0.29, 0.717) is 23.9 Å². The van der Waals surface area contributed by atoms with Gasteiger partial charge in [0.1, 0.15) is 19.8 Å². The van der Waals surface area contributed by atoms with Crippen molar-refractivity contribution in [2.45, 2.75) is 251 Å². The van der Waals surface area contributed by atoms with Crippen molar-refractivity contribution in [2.24, 2.45) is 0 Å². The van der Waals surface area contributed by atoms with Crippen molar-refractivity contribution < 1.29 is 42.1 Å². The number of hydrogen-bond donors (Lipinski definition) is 0. The topological polar surface area (TPSA) is 111 Å². The van der Waals surface area contributed by atoms with Gasteiger partial charge in [0.2, 0.25) is 0 Å². The maximum Gasteiger partial charge on any atom is 0.306 e. The highest BCUT2D eigenvalue weighted by atomic mass is 31.2. The quantitative estimate of drug-likeness (QED) is 0.0195. The van der Waals surface area contributed by atoms with Gasteiger partial charge in [-0.25, -0.2) is 0 Å². The van der Waals surface area contributed by atoms with E-state index >= 15 is 0 Å². The molecule has 2 atom stereocenters. The number of rotatable bonds is 60. The molecule has 0 aromatic heterocycles. The van der Waals surface area contributed by atoms with Crippen LogP contribution in [-0.4, -0.2) is 70.0 Å². The smallest absolute Gasteiger partial charge is 0.306 e.